The highest BCUT2D eigenvalue weighted by Gasteiger charge is 2.38. The number of hydrogen-bond acceptors (Lipinski definition) is 13. The maximum absolute atomic E-state index is 14.7. The number of thiophene rings is 1. The fraction of sp³-hybridized carbons (Fsp3) is 0.560. The zero-order chi connectivity index (χ0) is 49.2. The summed E-state index contributed by atoms with van der Waals surface area (Å²) in [5.41, 5.74) is 1.65. The second-order valence-electron chi connectivity index (χ2n) is 18.4. The van der Waals surface area contributed by atoms with Crippen molar-refractivity contribution >= 4 is 56.1 Å². The van der Waals surface area contributed by atoms with Crippen LogP contribution in [-0.2, 0) is 32.5 Å². The molecular weight excluding hydrogens is 910 g/mol. The van der Waals surface area contributed by atoms with Gasteiger partial charge in [0.05, 0.1) is 54.4 Å². The number of pyridine rings is 1. The number of hydrogen-bond donors (Lipinski definition) is 2. The Hall–Kier alpha value is -5.63. The van der Waals surface area contributed by atoms with E-state index in [4.69, 9.17) is 23.5 Å². The van der Waals surface area contributed by atoms with Gasteiger partial charge in [-0.2, -0.15) is 0 Å². The summed E-state index contributed by atoms with van der Waals surface area (Å²) in [4.78, 5) is 63.9. The van der Waals surface area contributed by atoms with E-state index >= 15 is 0 Å². The van der Waals surface area contributed by atoms with Gasteiger partial charge in [0, 0.05) is 82.3 Å². The van der Waals surface area contributed by atoms with Crippen molar-refractivity contribution in [2.45, 2.75) is 84.5 Å². The van der Waals surface area contributed by atoms with Gasteiger partial charge in [0.25, 0.3) is 17.7 Å². The van der Waals surface area contributed by atoms with Gasteiger partial charge in [0.2, 0.25) is 11.8 Å². The Morgan fingerprint density at radius 2 is 1.67 bits per heavy atom. The zero-order valence-electron chi connectivity index (χ0n) is 40.5. The van der Waals surface area contributed by atoms with E-state index in [0.717, 1.165) is 53.8 Å². The first-order valence-electron chi connectivity index (χ1n) is 24.1. The van der Waals surface area contributed by atoms with Crippen LogP contribution in [0.4, 0.5) is 4.39 Å². The number of piperazine rings is 1. The number of aliphatic hydroxyl groups excluding tert-OH is 1. The van der Waals surface area contributed by atoms with Gasteiger partial charge in [-0.25, -0.2) is 4.39 Å². The van der Waals surface area contributed by atoms with Crippen molar-refractivity contribution in [3.8, 4) is 11.6 Å². The summed E-state index contributed by atoms with van der Waals surface area (Å²) in [6.07, 6.45) is 6.29. The van der Waals surface area contributed by atoms with Crippen LogP contribution in [0.25, 0.3) is 21.1 Å². The topological polar surface area (TPSA) is 191 Å². The molecule has 5 aromatic rings. The first-order valence-corrected chi connectivity index (χ1v) is 24.9. The predicted molar refractivity (Wildman–Crippen MR) is 258 cm³/mol. The van der Waals surface area contributed by atoms with Crippen molar-refractivity contribution in [1.82, 2.24) is 34.7 Å². The molecule has 1 aliphatic carbocycles. The largest absolute Gasteiger partial charge is 0.489 e. The Kier molecular flexibility index (Phi) is 17.7. The molecule has 3 atom stereocenters. The highest BCUT2D eigenvalue weighted by atomic mass is 32.1. The van der Waals surface area contributed by atoms with Gasteiger partial charge in [0.1, 0.15) is 35.7 Å². The van der Waals surface area contributed by atoms with Gasteiger partial charge in [0.15, 0.2) is 0 Å². The molecule has 1 saturated carbocycles. The number of benzene rings is 1. The highest BCUT2D eigenvalue weighted by molar-refractivity contribution is 7.17. The Labute approximate surface area is 406 Å². The first kappa shape index (κ1) is 51.2. The van der Waals surface area contributed by atoms with E-state index in [0.29, 0.717) is 42.3 Å². The van der Waals surface area contributed by atoms with Crippen LogP contribution in [-0.4, -0.2) is 149 Å². The summed E-state index contributed by atoms with van der Waals surface area (Å²) in [5.74, 6) is -0.235. The molecule has 5 heterocycles. The molecule has 1 aliphatic heterocycles. The summed E-state index contributed by atoms with van der Waals surface area (Å²) in [6.45, 7) is 9.28. The Bertz CT molecular complexity index is 2530. The minimum Gasteiger partial charge on any atom is -0.489 e. The number of rotatable bonds is 22. The van der Waals surface area contributed by atoms with Crippen molar-refractivity contribution in [3.05, 3.63) is 70.8 Å². The lowest BCUT2D eigenvalue weighted by Crippen LogP contribution is -2.60. The number of halogens is 1. The number of ether oxygens (including phenoxy) is 4. The Morgan fingerprint density at radius 3 is 2.39 bits per heavy atom. The molecule has 1 aromatic carbocycles. The molecule has 7 rings (SSSR count). The van der Waals surface area contributed by atoms with E-state index in [1.54, 1.807) is 61.9 Å². The van der Waals surface area contributed by atoms with Crippen LogP contribution in [0.5, 0.6) is 11.6 Å². The van der Waals surface area contributed by atoms with Crippen LogP contribution < -0.4 is 14.8 Å². The lowest BCUT2D eigenvalue weighted by atomic mass is 9.84. The zero-order valence-corrected chi connectivity index (χ0v) is 41.3. The van der Waals surface area contributed by atoms with E-state index in [2.05, 4.69) is 15.5 Å². The van der Waals surface area contributed by atoms with Crippen molar-refractivity contribution in [2.75, 3.05) is 72.8 Å². The van der Waals surface area contributed by atoms with Crippen molar-refractivity contribution < 1.29 is 52.1 Å². The number of carbonyl (C=O) groups excluding carboxylic acids is 4. The lowest BCUT2D eigenvalue weighted by Gasteiger charge is -2.38. The van der Waals surface area contributed by atoms with Gasteiger partial charge in [-0.15, -0.1) is 11.3 Å². The molecule has 69 heavy (non-hydrogen) atoms. The molecule has 374 valence electrons. The molecule has 0 spiro atoms. The Morgan fingerprint density at radius 1 is 0.957 bits per heavy atom. The third-order valence-electron chi connectivity index (χ3n) is 13.3. The van der Waals surface area contributed by atoms with E-state index in [1.807, 2.05) is 30.5 Å². The fourth-order valence-electron chi connectivity index (χ4n) is 8.86. The van der Waals surface area contributed by atoms with Gasteiger partial charge < -0.3 is 53.2 Å². The van der Waals surface area contributed by atoms with Gasteiger partial charge in [-0.3, -0.25) is 24.2 Å². The SMILES string of the molecule is CC[C@@H](C)C(=O)NC(C(=O)N1CCN(C(=O)c2c(C(=O)N(C)CCOCCOCCOc3cc(CC4CCC(Oc5ccnc6ccsc56)CC4)on3)c3cc(F)ccc3n2C)CC1)[C@H](O)C(C)C. The normalized spacial score (nSPS) is 17.8. The summed E-state index contributed by atoms with van der Waals surface area (Å²) in [5, 5.41) is 20.1. The minimum absolute atomic E-state index is 0.0725. The molecule has 1 saturated heterocycles. The number of nitrogens with one attached hydrogen (secondary N) is 1. The molecule has 2 N–H and O–H groups in total. The van der Waals surface area contributed by atoms with E-state index in [-0.39, 0.29) is 87.6 Å². The van der Waals surface area contributed by atoms with Gasteiger partial charge >= 0.3 is 0 Å². The average Bonchev–Trinajstić information content (AvgIpc) is 4.10. The van der Waals surface area contributed by atoms with Gasteiger partial charge in [-0.05, 0) is 84.8 Å². The lowest BCUT2D eigenvalue weighted by molar-refractivity contribution is -0.142. The molecule has 4 aromatic heterocycles. The summed E-state index contributed by atoms with van der Waals surface area (Å²) < 4.78 is 46.5. The average molecular weight is 976 g/mol. The number of aryl methyl sites for hydroxylation is 1. The molecule has 0 bridgehead atoms. The third kappa shape index (κ3) is 12.6. The second kappa shape index (κ2) is 23.8. The first-order chi connectivity index (χ1) is 33.2. The molecular formula is C50H66FN7O10S. The van der Waals surface area contributed by atoms with Crippen LogP contribution in [0.2, 0.25) is 0 Å². The molecule has 4 amide bonds. The highest BCUT2D eigenvalue weighted by Crippen LogP contribution is 2.35. The number of likely N-dealkylation sites (N-methyl/N-ethyl adjacent to an activating group) is 1. The minimum atomic E-state index is -1.14. The number of aliphatic hydroxyl groups is 1. The third-order valence-corrected chi connectivity index (χ3v) is 14.2. The monoisotopic (exact) mass is 975 g/mol. The summed E-state index contributed by atoms with van der Waals surface area (Å²) >= 11 is 1.65. The van der Waals surface area contributed by atoms with Crippen LogP contribution >= 0.6 is 11.3 Å². The maximum atomic E-state index is 14.7. The number of aromatic nitrogens is 3. The van der Waals surface area contributed by atoms with Crippen LogP contribution in [0.1, 0.15) is 86.4 Å². The Balaban J connectivity index is 0.825. The molecule has 1 unspecified atom stereocenters. The molecule has 19 heteroatoms. The summed E-state index contributed by atoms with van der Waals surface area (Å²) in [6, 6.07) is 8.74. The number of amides is 4. The standard InChI is InChI=1S/C50H66FN7O10S/c1-7-32(4)47(60)53-43(45(59)31(2)3)49(62)57-17-19-58(20-18-57)50(63)44-42(37-29-34(51)10-13-39(37)56(44)6)48(61)55(5)21-22-64-23-24-65-25-26-66-41-30-36(68-54-41)28-33-8-11-35(12-9-33)67-40-14-16-52-38-15-27-69-46(38)40/h10,13-16,27,29-33,35,43,45,59H,7-9,11-12,17-26,28H2,1-6H3,(H,53,60)/t32-,33?,35?,43?,45-/m1/s1. The van der Waals surface area contributed by atoms with E-state index < -0.39 is 35.7 Å². The maximum Gasteiger partial charge on any atom is 0.271 e. The second-order valence-corrected chi connectivity index (χ2v) is 19.3. The number of nitrogens with zero attached hydrogens (tertiary/aromatic N) is 6. The van der Waals surface area contributed by atoms with Gasteiger partial charge in [-0.1, -0.05) is 27.7 Å². The number of fused-ring (bicyclic) bond motifs is 2. The fourth-order valence-corrected chi connectivity index (χ4v) is 9.67. The molecule has 17 nitrogen and oxygen atoms in total. The quantitative estimate of drug-likeness (QED) is 0.0758. The van der Waals surface area contributed by atoms with Crippen LogP contribution in [0.15, 0.2) is 52.5 Å². The predicted octanol–water partition coefficient (Wildman–Crippen LogP) is 6.11. The van der Waals surface area contributed by atoms with Crippen molar-refractivity contribution in [2.24, 2.45) is 24.8 Å². The molecule has 0 radical (unpaired) electrons. The molecule has 2 fully saturated rings. The summed E-state index contributed by atoms with van der Waals surface area (Å²) in [7, 11) is 3.26. The van der Waals surface area contributed by atoms with E-state index in [9.17, 15) is 28.7 Å². The van der Waals surface area contributed by atoms with E-state index in [1.165, 1.54) is 28.0 Å². The smallest absolute Gasteiger partial charge is 0.271 e. The van der Waals surface area contributed by atoms with Crippen LogP contribution in [0.3, 0.4) is 0 Å². The van der Waals surface area contributed by atoms with Crippen LogP contribution in [0, 0.1) is 23.6 Å². The van der Waals surface area contributed by atoms with Crippen molar-refractivity contribution in [1.29, 1.82) is 0 Å². The van der Waals surface area contributed by atoms with Crippen molar-refractivity contribution in [3.63, 3.8) is 0 Å². The number of carbonyl (C=O) groups is 4. The molecule has 2 aliphatic rings.